The van der Waals surface area contributed by atoms with Gasteiger partial charge in [-0.05, 0) is 49.3 Å². The van der Waals surface area contributed by atoms with E-state index < -0.39 is 0 Å². The molecule has 2 aromatic rings. The van der Waals surface area contributed by atoms with Crippen molar-refractivity contribution in [1.29, 1.82) is 0 Å². The molecule has 1 aliphatic heterocycles. The molecule has 0 saturated carbocycles. The predicted molar refractivity (Wildman–Crippen MR) is 109 cm³/mol. The summed E-state index contributed by atoms with van der Waals surface area (Å²) in [5.41, 5.74) is 5.08. The van der Waals surface area contributed by atoms with E-state index in [1.54, 1.807) is 4.90 Å². The van der Waals surface area contributed by atoms with Crippen molar-refractivity contribution in [3.63, 3.8) is 0 Å². The van der Waals surface area contributed by atoms with Gasteiger partial charge in [-0.25, -0.2) is 0 Å². The van der Waals surface area contributed by atoms with Gasteiger partial charge in [0, 0.05) is 30.1 Å². The van der Waals surface area contributed by atoms with Crippen LogP contribution in [0.1, 0.15) is 29.5 Å². The smallest absolute Gasteiger partial charge is 0.171 e. The second-order valence-corrected chi connectivity index (χ2v) is 7.49. The molecule has 0 atom stereocenters. The lowest BCUT2D eigenvalue weighted by atomic mass is 10.0. The Kier molecular flexibility index (Phi) is 6.05. The molecule has 3 rings (SSSR count). The molecule has 0 radical (unpaired) electrons. The summed E-state index contributed by atoms with van der Waals surface area (Å²) in [6.45, 7) is 7.76. The molecule has 0 unspecified atom stereocenters. The number of likely N-dealkylation sites (tertiary alicyclic amines) is 1. The maximum atomic E-state index is 5.50. The zero-order valence-corrected chi connectivity index (χ0v) is 16.0. The van der Waals surface area contributed by atoms with Crippen LogP contribution in [0.4, 0.5) is 5.69 Å². The summed E-state index contributed by atoms with van der Waals surface area (Å²) in [5, 5.41) is 7.55. The van der Waals surface area contributed by atoms with Crippen molar-refractivity contribution in [3.05, 3.63) is 65.2 Å². The number of anilines is 1. The highest BCUT2D eigenvalue weighted by Gasteiger charge is 2.22. The Morgan fingerprint density at radius 3 is 2.44 bits per heavy atom. The minimum atomic E-state index is 0.478. The number of hydrogen-bond acceptors (Lipinski definition) is 1. The van der Waals surface area contributed by atoms with Crippen molar-refractivity contribution >= 4 is 23.0 Å². The van der Waals surface area contributed by atoms with Gasteiger partial charge in [0.25, 0.3) is 0 Å². The lowest BCUT2D eigenvalue weighted by Gasteiger charge is -2.30. The molecule has 3 nitrogen and oxygen atoms in total. The molecule has 0 aromatic heterocycles. The zero-order chi connectivity index (χ0) is 17.6. The molecule has 0 amide bonds. The number of rotatable bonds is 4. The molecule has 1 heterocycles. The third kappa shape index (κ3) is 5.28. The van der Waals surface area contributed by atoms with Gasteiger partial charge >= 0.3 is 0 Å². The summed E-state index contributed by atoms with van der Waals surface area (Å²) in [6.07, 6.45) is 2.33. The first-order chi connectivity index (χ1) is 12.1. The number of nitrogens with one attached hydrogen (secondary N) is 3. The van der Waals surface area contributed by atoms with Gasteiger partial charge in [0.1, 0.15) is 6.54 Å². The quantitative estimate of drug-likeness (QED) is 0.738. The largest absolute Gasteiger partial charge is 0.359 e. The predicted octanol–water partition coefficient (Wildman–Crippen LogP) is 2.84. The highest BCUT2D eigenvalue weighted by molar-refractivity contribution is 7.80. The van der Waals surface area contributed by atoms with Crippen molar-refractivity contribution in [2.45, 2.75) is 39.3 Å². The molecular formula is C21H28N3S+. The Labute approximate surface area is 156 Å². The van der Waals surface area contributed by atoms with E-state index >= 15 is 0 Å². The molecule has 1 saturated heterocycles. The summed E-state index contributed by atoms with van der Waals surface area (Å²) < 4.78 is 0. The van der Waals surface area contributed by atoms with Gasteiger partial charge in [-0.15, -0.1) is 0 Å². The highest BCUT2D eigenvalue weighted by atomic mass is 32.1. The van der Waals surface area contributed by atoms with Crippen LogP contribution in [-0.4, -0.2) is 24.2 Å². The fourth-order valence-corrected chi connectivity index (χ4v) is 3.69. The van der Waals surface area contributed by atoms with E-state index in [4.69, 9.17) is 12.2 Å². The molecule has 1 aliphatic rings. The first-order valence-corrected chi connectivity index (χ1v) is 9.53. The fourth-order valence-electron chi connectivity index (χ4n) is 3.40. The minimum absolute atomic E-state index is 0.478. The number of quaternary nitrogens is 1. The van der Waals surface area contributed by atoms with E-state index in [-0.39, 0.29) is 0 Å². The molecule has 0 bridgehead atoms. The second kappa shape index (κ2) is 8.45. The normalized spacial score (nSPS) is 20.1. The molecule has 0 spiro atoms. The number of benzene rings is 2. The van der Waals surface area contributed by atoms with Crippen molar-refractivity contribution in [2.24, 2.45) is 0 Å². The van der Waals surface area contributed by atoms with Gasteiger partial charge in [-0.1, -0.05) is 36.4 Å². The van der Waals surface area contributed by atoms with Crippen LogP contribution < -0.4 is 15.5 Å². The number of piperidine rings is 1. The average molecular weight is 355 g/mol. The van der Waals surface area contributed by atoms with Crippen molar-refractivity contribution in [2.75, 3.05) is 18.4 Å². The summed E-state index contributed by atoms with van der Waals surface area (Å²) in [6, 6.07) is 17.6. The lowest BCUT2D eigenvalue weighted by Crippen LogP contribution is -3.12. The van der Waals surface area contributed by atoms with Crippen LogP contribution in [0.5, 0.6) is 0 Å². The minimum Gasteiger partial charge on any atom is -0.359 e. The van der Waals surface area contributed by atoms with Crippen LogP contribution >= 0.6 is 12.2 Å². The Hall–Kier alpha value is -1.91. The van der Waals surface area contributed by atoms with Crippen molar-refractivity contribution < 1.29 is 4.90 Å². The van der Waals surface area contributed by atoms with E-state index in [2.05, 4.69) is 73.0 Å². The third-order valence-electron chi connectivity index (χ3n) is 5.09. The number of hydrogen-bond donors (Lipinski definition) is 3. The van der Waals surface area contributed by atoms with Crippen LogP contribution in [0.15, 0.2) is 48.5 Å². The van der Waals surface area contributed by atoms with Crippen LogP contribution in [0.2, 0.25) is 0 Å². The van der Waals surface area contributed by atoms with Crippen LogP contribution in [0, 0.1) is 13.8 Å². The number of thiocarbonyl (C=S) groups is 1. The van der Waals surface area contributed by atoms with Gasteiger partial charge in [-0.2, -0.15) is 0 Å². The molecule has 0 aliphatic carbocycles. The topological polar surface area (TPSA) is 28.5 Å². The lowest BCUT2D eigenvalue weighted by molar-refractivity contribution is -0.918. The van der Waals surface area contributed by atoms with Gasteiger partial charge in [-0.3, -0.25) is 0 Å². The monoisotopic (exact) mass is 354 g/mol. The van der Waals surface area contributed by atoms with Crippen LogP contribution in [0.25, 0.3) is 0 Å². The van der Waals surface area contributed by atoms with Crippen LogP contribution in [-0.2, 0) is 6.54 Å². The second-order valence-electron chi connectivity index (χ2n) is 7.08. The van der Waals surface area contributed by atoms with E-state index in [0.717, 1.165) is 30.2 Å². The summed E-state index contributed by atoms with van der Waals surface area (Å²) >= 11 is 5.50. The Morgan fingerprint density at radius 1 is 1.04 bits per heavy atom. The SMILES string of the molecule is Cc1ccc(NC(=S)NC2CC[NH+](Cc3ccccc3)CC2)cc1C. The van der Waals surface area contributed by atoms with Gasteiger partial charge in [0.15, 0.2) is 5.11 Å². The summed E-state index contributed by atoms with van der Waals surface area (Å²) in [7, 11) is 0. The Bertz CT molecular complexity index is 706. The van der Waals surface area contributed by atoms with Crippen LogP contribution in [0.3, 0.4) is 0 Å². The van der Waals surface area contributed by atoms with E-state index in [1.165, 1.54) is 29.8 Å². The maximum Gasteiger partial charge on any atom is 0.171 e. The van der Waals surface area contributed by atoms with Gasteiger partial charge in [0.2, 0.25) is 0 Å². The molecule has 1 fully saturated rings. The molecule has 132 valence electrons. The summed E-state index contributed by atoms with van der Waals surface area (Å²) in [5.74, 6) is 0. The molecule has 4 heteroatoms. The Balaban J connectivity index is 1.43. The molecule has 2 aromatic carbocycles. The molecule has 25 heavy (non-hydrogen) atoms. The first kappa shape index (κ1) is 17.9. The number of aryl methyl sites for hydroxylation is 2. The third-order valence-corrected chi connectivity index (χ3v) is 5.31. The van der Waals surface area contributed by atoms with Crippen molar-refractivity contribution in [1.82, 2.24) is 5.32 Å². The van der Waals surface area contributed by atoms with Gasteiger partial charge in [0.05, 0.1) is 13.1 Å². The standard InChI is InChI=1S/C21H27N3S/c1-16-8-9-20(14-17(16)2)23-21(25)22-19-10-12-24(13-11-19)15-18-6-4-3-5-7-18/h3-9,14,19H,10-13,15H2,1-2H3,(H2,22,23,25)/p+1. The average Bonchev–Trinajstić information content (AvgIpc) is 2.61. The molecular weight excluding hydrogens is 326 g/mol. The Morgan fingerprint density at radius 2 is 1.76 bits per heavy atom. The highest BCUT2D eigenvalue weighted by Crippen LogP contribution is 2.14. The zero-order valence-electron chi connectivity index (χ0n) is 15.1. The summed E-state index contributed by atoms with van der Waals surface area (Å²) in [4.78, 5) is 1.66. The fraction of sp³-hybridized carbons (Fsp3) is 0.381. The van der Waals surface area contributed by atoms with E-state index in [0.29, 0.717) is 6.04 Å². The van der Waals surface area contributed by atoms with Crippen molar-refractivity contribution in [3.8, 4) is 0 Å². The van der Waals surface area contributed by atoms with E-state index in [9.17, 15) is 0 Å². The first-order valence-electron chi connectivity index (χ1n) is 9.12. The van der Waals surface area contributed by atoms with Gasteiger partial charge < -0.3 is 15.5 Å². The van der Waals surface area contributed by atoms with E-state index in [1.807, 2.05) is 0 Å². The molecule has 3 N–H and O–H groups in total. The maximum absolute atomic E-state index is 5.50.